The van der Waals surface area contributed by atoms with Gasteiger partial charge in [0.25, 0.3) is 0 Å². The fourth-order valence-electron chi connectivity index (χ4n) is 1.52. The number of thiophene rings is 1. The van der Waals surface area contributed by atoms with Crippen LogP contribution in [0, 0.1) is 5.82 Å². The molecule has 102 valence electrons. The second-order valence-electron chi connectivity index (χ2n) is 3.96. The number of hydrogen-bond donors (Lipinski definition) is 2. The highest BCUT2D eigenvalue weighted by atomic mass is 32.2. The Morgan fingerprint density at radius 1 is 1.32 bits per heavy atom. The van der Waals surface area contributed by atoms with Crippen LogP contribution in [0.2, 0.25) is 0 Å². The van der Waals surface area contributed by atoms with E-state index >= 15 is 0 Å². The minimum Gasteiger partial charge on any atom is -0.396 e. The van der Waals surface area contributed by atoms with E-state index in [1.54, 1.807) is 11.3 Å². The van der Waals surface area contributed by atoms with Gasteiger partial charge in [0, 0.05) is 6.54 Å². The highest BCUT2D eigenvalue weighted by Gasteiger charge is 2.15. The lowest BCUT2D eigenvalue weighted by molar-refractivity contribution is 0.578. The first kappa shape index (κ1) is 14.0. The van der Waals surface area contributed by atoms with E-state index in [0.717, 1.165) is 11.6 Å². The number of hydrogen-bond acceptors (Lipinski definition) is 4. The fraction of sp³-hybridized carbons (Fsp3) is 0.167. The molecule has 2 rings (SSSR count). The molecule has 0 saturated heterocycles. The summed E-state index contributed by atoms with van der Waals surface area (Å²) in [6.45, 7) is 0.269. The Morgan fingerprint density at radius 2 is 2.11 bits per heavy atom. The van der Waals surface area contributed by atoms with Crippen molar-refractivity contribution in [2.24, 2.45) is 0 Å². The molecule has 4 nitrogen and oxygen atoms in total. The van der Waals surface area contributed by atoms with Crippen LogP contribution >= 0.6 is 11.3 Å². The van der Waals surface area contributed by atoms with Gasteiger partial charge in [-0.25, -0.2) is 17.5 Å². The quantitative estimate of drug-likeness (QED) is 0.830. The Bertz CT molecular complexity index is 654. The average Bonchev–Trinajstić information content (AvgIpc) is 2.85. The molecular weight excluding hydrogens is 287 g/mol. The Labute approximate surface area is 115 Å². The average molecular weight is 300 g/mol. The molecule has 0 spiro atoms. The van der Waals surface area contributed by atoms with Crippen molar-refractivity contribution in [2.45, 2.75) is 11.3 Å². The van der Waals surface area contributed by atoms with Crippen molar-refractivity contribution in [3.8, 4) is 0 Å². The lowest BCUT2D eigenvalue weighted by Gasteiger charge is -2.07. The van der Waals surface area contributed by atoms with E-state index in [2.05, 4.69) is 4.72 Å². The molecular formula is C12H13FN2O2S2. The molecule has 0 fully saturated rings. The molecule has 0 saturated carbocycles. The SMILES string of the molecule is Nc1ccc(S(=O)(=O)NCCc2ccsc2)cc1F. The minimum absolute atomic E-state index is 0.0720. The number of sulfonamides is 1. The molecule has 2 aromatic rings. The van der Waals surface area contributed by atoms with Gasteiger partial charge in [0.2, 0.25) is 10.0 Å². The summed E-state index contributed by atoms with van der Waals surface area (Å²) in [5, 5.41) is 3.89. The van der Waals surface area contributed by atoms with Gasteiger partial charge in [-0.2, -0.15) is 11.3 Å². The number of anilines is 1. The molecule has 0 amide bonds. The zero-order valence-electron chi connectivity index (χ0n) is 9.97. The van der Waals surface area contributed by atoms with Gasteiger partial charge in [-0.1, -0.05) is 0 Å². The molecule has 1 aromatic heterocycles. The molecule has 0 unspecified atom stereocenters. The maximum absolute atomic E-state index is 13.2. The van der Waals surface area contributed by atoms with Crippen LogP contribution in [0.1, 0.15) is 5.56 Å². The molecule has 0 aliphatic carbocycles. The van der Waals surface area contributed by atoms with Crippen LogP contribution in [0.5, 0.6) is 0 Å². The monoisotopic (exact) mass is 300 g/mol. The summed E-state index contributed by atoms with van der Waals surface area (Å²) >= 11 is 1.56. The summed E-state index contributed by atoms with van der Waals surface area (Å²) in [6, 6.07) is 5.37. The van der Waals surface area contributed by atoms with E-state index in [0.29, 0.717) is 6.42 Å². The zero-order chi connectivity index (χ0) is 13.9. The van der Waals surface area contributed by atoms with E-state index in [9.17, 15) is 12.8 Å². The predicted molar refractivity (Wildman–Crippen MR) is 74.0 cm³/mol. The summed E-state index contributed by atoms with van der Waals surface area (Å²) in [5.41, 5.74) is 6.30. The van der Waals surface area contributed by atoms with Gasteiger partial charge in [-0.15, -0.1) is 0 Å². The summed E-state index contributed by atoms with van der Waals surface area (Å²) < 4.78 is 39.5. The summed E-state index contributed by atoms with van der Waals surface area (Å²) in [4.78, 5) is -0.121. The van der Waals surface area contributed by atoms with Crippen LogP contribution in [0.25, 0.3) is 0 Å². The highest BCUT2D eigenvalue weighted by molar-refractivity contribution is 7.89. The number of benzene rings is 1. The van der Waals surface area contributed by atoms with Crippen molar-refractivity contribution in [2.75, 3.05) is 12.3 Å². The van der Waals surface area contributed by atoms with Gasteiger partial charge in [0.1, 0.15) is 5.82 Å². The van der Waals surface area contributed by atoms with Crippen LogP contribution in [0.15, 0.2) is 39.9 Å². The first-order chi connectivity index (χ1) is 8.99. The van der Waals surface area contributed by atoms with E-state index in [1.807, 2.05) is 16.8 Å². The molecule has 0 radical (unpaired) electrons. The van der Waals surface area contributed by atoms with Gasteiger partial charge in [0.15, 0.2) is 0 Å². The van der Waals surface area contributed by atoms with Crippen LogP contribution < -0.4 is 10.5 Å². The van der Waals surface area contributed by atoms with Crippen molar-refractivity contribution in [1.82, 2.24) is 4.72 Å². The van der Waals surface area contributed by atoms with Crippen molar-refractivity contribution < 1.29 is 12.8 Å². The van der Waals surface area contributed by atoms with Gasteiger partial charge in [-0.05, 0) is 47.0 Å². The van der Waals surface area contributed by atoms with Gasteiger partial charge < -0.3 is 5.73 Å². The second kappa shape index (κ2) is 5.68. The predicted octanol–water partition coefficient (Wildman–Crippen LogP) is 1.99. The third-order valence-corrected chi connectivity index (χ3v) is 4.76. The van der Waals surface area contributed by atoms with Crippen LogP contribution in [-0.4, -0.2) is 15.0 Å². The lowest BCUT2D eigenvalue weighted by Crippen LogP contribution is -2.26. The van der Waals surface area contributed by atoms with E-state index in [1.165, 1.54) is 12.1 Å². The maximum Gasteiger partial charge on any atom is 0.240 e. The lowest BCUT2D eigenvalue weighted by atomic mass is 10.2. The van der Waals surface area contributed by atoms with Crippen molar-refractivity contribution in [3.63, 3.8) is 0 Å². The molecule has 1 aromatic carbocycles. The molecule has 0 bridgehead atoms. The van der Waals surface area contributed by atoms with Gasteiger partial charge >= 0.3 is 0 Å². The molecule has 0 aliphatic heterocycles. The third kappa shape index (κ3) is 3.52. The molecule has 19 heavy (non-hydrogen) atoms. The fourth-order valence-corrected chi connectivity index (χ4v) is 3.27. The molecule has 0 atom stereocenters. The summed E-state index contributed by atoms with van der Waals surface area (Å²) in [6.07, 6.45) is 0.597. The van der Waals surface area contributed by atoms with Crippen molar-refractivity contribution in [1.29, 1.82) is 0 Å². The number of nitrogens with two attached hydrogens (primary N) is 1. The maximum atomic E-state index is 13.2. The van der Waals surface area contributed by atoms with Crippen LogP contribution in [-0.2, 0) is 16.4 Å². The minimum atomic E-state index is -3.69. The standard InChI is InChI=1S/C12H13FN2O2S2/c13-11-7-10(1-2-12(11)14)19(16,17)15-5-3-9-4-6-18-8-9/h1-2,4,6-8,15H,3,5,14H2. The van der Waals surface area contributed by atoms with E-state index in [-0.39, 0.29) is 17.1 Å². The summed E-state index contributed by atoms with van der Waals surface area (Å²) in [7, 11) is -3.69. The number of halogens is 1. The molecule has 7 heteroatoms. The molecule has 1 heterocycles. The Kier molecular flexibility index (Phi) is 4.18. The number of nitrogen functional groups attached to an aromatic ring is 1. The number of rotatable bonds is 5. The highest BCUT2D eigenvalue weighted by Crippen LogP contribution is 2.16. The van der Waals surface area contributed by atoms with Crippen molar-refractivity contribution >= 4 is 27.0 Å². The Balaban J connectivity index is 2.03. The van der Waals surface area contributed by atoms with Crippen LogP contribution in [0.4, 0.5) is 10.1 Å². The molecule has 0 aliphatic rings. The molecule has 3 N–H and O–H groups in total. The smallest absolute Gasteiger partial charge is 0.240 e. The topological polar surface area (TPSA) is 72.2 Å². The summed E-state index contributed by atoms with van der Waals surface area (Å²) in [5.74, 6) is -0.735. The normalized spacial score (nSPS) is 11.6. The van der Waals surface area contributed by atoms with Crippen molar-refractivity contribution in [3.05, 3.63) is 46.4 Å². The van der Waals surface area contributed by atoms with Gasteiger partial charge in [-0.3, -0.25) is 0 Å². The number of nitrogens with one attached hydrogen (secondary N) is 1. The van der Waals surface area contributed by atoms with Gasteiger partial charge in [0.05, 0.1) is 10.6 Å². The van der Waals surface area contributed by atoms with E-state index < -0.39 is 15.8 Å². The second-order valence-corrected chi connectivity index (χ2v) is 6.51. The van der Waals surface area contributed by atoms with E-state index in [4.69, 9.17) is 5.73 Å². The third-order valence-electron chi connectivity index (χ3n) is 2.57. The first-order valence-corrected chi connectivity index (χ1v) is 7.97. The largest absolute Gasteiger partial charge is 0.396 e. The zero-order valence-corrected chi connectivity index (χ0v) is 11.6. The Hall–Kier alpha value is -1.44. The van der Waals surface area contributed by atoms with Crippen LogP contribution in [0.3, 0.4) is 0 Å². The first-order valence-electron chi connectivity index (χ1n) is 5.55. The Morgan fingerprint density at radius 3 is 2.74 bits per heavy atom.